The number of furan rings is 1. The van der Waals surface area contributed by atoms with Crippen LogP contribution < -0.4 is 10.5 Å². The number of hydrogen-bond donors (Lipinski definition) is 1. The summed E-state index contributed by atoms with van der Waals surface area (Å²) in [6.07, 6.45) is 1.74. The second kappa shape index (κ2) is 5.16. The highest BCUT2D eigenvalue weighted by atomic mass is 16.5. The highest BCUT2D eigenvalue weighted by Crippen LogP contribution is 2.25. The number of ether oxygens (including phenoxy) is 1. The zero-order chi connectivity index (χ0) is 13.1. The van der Waals surface area contributed by atoms with E-state index in [1.165, 1.54) is 0 Å². The minimum absolute atomic E-state index is 0.476. The molecule has 0 amide bonds. The quantitative estimate of drug-likeness (QED) is 0.774. The smallest absolute Gasteiger partial charge is 0.138 e. The average Bonchev–Trinajstić information content (AvgIpc) is 2.89. The van der Waals surface area contributed by atoms with E-state index in [0.717, 1.165) is 27.8 Å². The minimum atomic E-state index is 0.476. The van der Waals surface area contributed by atoms with Gasteiger partial charge in [-0.05, 0) is 12.1 Å². The molecule has 0 radical (unpaired) electrons. The lowest BCUT2D eigenvalue weighted by atomic mass is 10.1. The first-order valence-corrected chi connectivity index (χ1v) is 6.24. The standard InChI is InChI=1S/C16H15NO2/c17-9-12-5-4-8-15-13(11-19-16(12)15)10-18-14-6-2-1-3-7-14/h1-8,11H,9-10,17H2. The molecule has 0 unspecified atom stereocenters. The van der Waals surface area contributed by atoms with E-state index in [1.54, 1.807) is 6.26 Å². The van der Waals surface area contributed by atoms with Gasteiger partial charge in [0.25, 0.3) is 0 Å². The lowest BCUT2D eigenvalue weighted by Crippen LogP contribution is -1.97. The summed E-state index contributed by atoms with van der Waals surface area (Å²) in [6.45, 7) is 0.967. The van der Waals surface area contributed by atoms with Crippen LogP contribution in [0.5, 0.6) is 5.75 Å². The third-order valence-electron chi connectivity index (χ3n) is 3.12. The second-order valence-corrected chi connectivity index (χ2v) is 4.36. The number of para-hydroxylation sites is 2. The molecule has 3 rings (SSSR count). The van der Waals surface area contributed by atoms with Crippen LogP contribution in [0.2, 0.25) is 0 Å². The van der Waals surface area contributed by atoms with Crippen LogP contribution in [0.3, 0.4) is 0 Å². The number of rotatable bonds is 4. The molecule has 19 heavy (non-hydrogen) atoms. The van der Waals surface area contributed by atoms with Crippen molar-refractivity contribution in [3.8, 4) is 5.75 Å². The fourth-order valence-corrected chi connectivity index (χ4v) is 2.12. The van der Waals surface area contributed by atoms with Gasteiger partial charge in [0.2, 0.25) is 0 Å². The lowest BCUT2D eigenvalue weighted by Gasteiger charge is -2.04. The van der Waals surface area contributed by atoms with Crippen molar-refractivity contribution >= 4 is 11.0 Å². The normalized spacial score (nSPS) is 10.8. The first-order valence-electron chi connectivity index (χ1n) is 6.24. The molecule has 3 nitrogen and oxygen atoms in total. The van der Waals surface area contributed by atoms with E-state index in [2.05, 4.69) is 0 Å². The van der Waals surface area contributed by atoms with Crippen LogP contribution in [0, 0.1) is 0 Å². The Kier molecular flexibility index (Phi) is 3.21. The van der Waals surface area contributed by atoms with Crippen LogP contribution in [0.4, 0.5) is 0 Å². The molecule has 96 valence electrons. The van der Waals surface area contributed by atoms with Crippen molar-refractivity contribution in [2.75, 3.05) is 0 Å². The van der Waals surface area contributed by atoms with Crippen LogP contribution in [0.25, 0.3) is 11.0 Å². The van der Waals surface area contributed by atoms with E-state index in [4.69, 9.17) is 14.9 Å². The van der Waals surface area contributed by atoms with Gasteiger partial charge in [-0.2, -0.15) is 0 Å². The lowest BCUT2D eigenvalue weighted by molar-refractivity contribution is 0.306. The van der Waals surface area contributed by atoms with E-state index in [-0.39, 0.29) is 0 Å². The van der Waals surface area contributed by atoms with E-state index < -0.39 is 0 Å². The van der Waals surface area contributed by atoms with Crippen molar-refractivity contribution in [1.82, 2.24) is 0 Å². The topological polar surface area (TPSA) is 48.4 Å². The fraction of sp³-hybridized carbons (Fsp3) is 0.125. The van der Waals surface area contributed by atoms with E-state index in [1.807, 2.05) is 48.5 Å². The summed E-state index contributed by atoms with van der Waals surface area (Å²) in [5.74, 6) is 0.854. The molecule has 1 aromatic heterocycles. The Morgan fingerprint density at radius 1 is 0.947 bits per heavy atom. The monoisotopic (exact) mass is 253 g/mol. The highest BCUT2D eigenvalue weighted by Gasteiger charge is 2.09. The zero-order valence-electron chi connectivity index (χ0n) is 10.5. The van der Waals surface area contributed by atoms with E-state index in [9.17, 15) is 0 Å². The van der Waals surface area contributed by atoms with Crippen LogP contribution >= 0.6 is 0 Å². The molecule has 3 heteroatoms. The maximum absolute atomic E-state index is 5.74. The highest BCUT2D eigenvalue weighted by molar-refractivity contribution is 5.83. The average molecular weight is 253 g/mol. The molecule has 2 N–H and O–H groups in total. The maximum Gasteiger partial charge on any atom is 0.138 e. The minimum Gasteiger partial charge on any atom is -0.489 e. The van der Waals surface area contributed by atoms with Gasteiger partial charge in [0.05, 0.1) is 6.26 Å². The Labute approximate surface area is 111 Å². The molecular weight excluding hydrogens is 238 g/mol. The van der Waals surface area contributed by atoms with Crippen molar-refractivity contribution in [3.05, 3.63) is 65.9 Å². The van der Waals surface area contributed by atoms with Crippen molar-refractivity contribution in [1.29, 1.82) is 0 Å². The molecule has 0 saturated heterocycles. The molecule has 0 atom stereocenters. The van der Waals surface area contributed by atoms with Gasteiger partial charge in [0.15, 0.2) is 0 Å². The van der Waals surface area contributed by atoms with E-state index in [0.29, 0.717) is 13.2 Å². The first kappa shape index (κ1) is 11.8. The Balaban J connectivity index is 1.86. The van der Waals surface area contributed by atoms with Gasteiger partial charge in [-0.15, -0.1) is 0 Å². The fourth-order valence-electron chi connectivity index (χ4n) is 2.12. The number of hydrogen-bond acceptors (Lipinski definition) is 3. The molecular formula is C16H15NO2. The van der Waals surface area contributed by atoms with Gasteiger partial charge in [0.1, 0.15) is 17.9 Å². The van der Waals surface area contributed by atoms with Gasteiger partial charge in [0, 0.05) is 23.1 Å². The Morgan fingerprint density at radius 2 is 1.79 bits per heavy atom. The Bertz CT molecular complexity index is 674. The number of benzene rings is 2. The van der Waals surface area contributed by atoms with Gasteiger partial charge >= 0.3 is 0 Å². The van der Waals surface area contributed by atoms with Crippen molar-refractivity contribution in [2.24, 2.45) is 5.73 Å². The number of nitrogens with two attached hydrogens (primary N) is 1. The zero-order valence-corrected chi connectivity index (χ0v) is 10.5. The Morgan fingerprint density at radius 3 is 2.58 bits per heavy atom. The third-order valence-corrected chi connectivity index (χ3v) is 3.12. The molecule has 0 aliphatic rings. The molecule has 0 aliphatic carbocycles. The van der Waals surface area contributed by atoms with Gasteiger partial charge in [-0.25, -0.2) is 0 Å². The summed E-state index contributed by atoms with van der Waals surface area (Å²) in [6, 6.07) is 15.8. The van der Waals surface area contributed by atoms with Gasteiger partial charge < -0.3 is 14.9 Å². The van der Waals surface area contributed by atoms with Crippen molar-refractivity contribution in [2.45, 2.75) is 13.2 Å². The summed E-state index contributed by atoms with van der Waals surface area (Å²) in [5.41, 5.74) is 8.61. The van der Waals surface area contributed by atoms with Crippen LogP contribution in [-0.2, 0) is 13.2 Å². The predicted molar refractivity (Wildman–Crippen MR) is 74.9 cm³/mol. The molecule has 2 aromatic carbocycles. The summed E-state index contributed by atoms with van der Waals surface area (Å²) < 4.78 is 11.3. The molecule has 0 spiro atoms. The largest absolute Gasteiger partial charge is 0.489 e. The molecule has 0 aliphatic heterocycles. The van der Waals surface area contributed by atoms with Crippen LogP contribution in [-0.4, -0.2) is 0 Å². The SMILES string of the molecule is NCc1cccc2c(COc3ccccc3)coc12. The molecule has 3 aromatic rings. The van der Waals surface area contributed by atoms with Gasteiger partial charge in [-0.1, -0.05) is 36.4 Å². The summed E-state index contributed by atoms with van der Waals surface area (Å²) in [4.78, 5) is 0. The van der Waals surface area contributed by atoms with E-state index >= 15 is 0 Å². The summed E-state index contributed by atoms with van der Waals surface area (Å²) in [5, 5.41) is 1.07. The van der Waals surface area contributed by atoms with Crippen molar-refractivity contribution in [3.63, 3.8) is 0 Å². The summed E-state index contributed by atoms with van der Waals surface area (Å²) in [7, 11) is 0. The third kappa shape index (κ3) is 2.33. The maximum atomic E-state index is 5.74. The summed E-state index contributed by atoms with van der Waals surface area (Å²) >= 11 is 0. The number of fused-ring (bicyclic) bond motifs is 1. The molecule has 0 saturated carbocycles. The second-order valence-electron chi connectivity index (χ2n) is 4.36. The van der Waals surface area contributed by atoms with Crippen LogP contribution in [0.1, 0.15) is 11.1 Å². The van der Waals surface area contributed by atoms with Crippen LogP contribution in [0.15, 0.2) is 59.2 Å². The first-order chi connectivity index (χ1) is 9.38. The molecule has 0 bridgehead atoms. The molecule has 1 heterocycles. The van der Waals surface area contributed by atoms with Gasteiger partial charge in [-0.3, -0.25) is 0 Å². The predicted octanol–water partition coefficient (Wildman–Crippen LogP) is 3.47. The van der Waals surface area contributed by atoms with Crippen molar-refractivity contribution < 1.29 is 9.15 Å². The molecule has 0 fully saturated rings. The Hall–Kier alpha value is -2.26.